The summed E-state index contributed by atoms with van der Waals surface area (Å²) < 4.78 is 1.32. The maximum absolute atomic E-state index is 12.5. The van der Waals surface area contributed by atoms with Gasteiger partial charge < -0.3 is 4.98 Å². The molecule has 0 atom stereocenters. The molecule has 1 aliphatic rings. The molecule has 27 heavy (non-hydrogen) atoms. The highest BCUT2D eigenvalue weighted by molar-refractivity contribution is 7.19. The van der Waals surface area contributed by atoms with E-state index in [1.165, 1.54) is 15.0 Å². The molecule has 4 aromatic rings. The number of fused-ring (bicyclic) bond motifs is 2. The minimum atomic E-state index is -0.0201. The average Bonchev–Trinajstić information content (AvgIpc) is 3.10. The third-order valence-electron chi connectivity index (χ3n) is 4.96. The third-order valence-corrected chi connectivity index (χ3v) is 6.06. The lowest BCUT2D eigenvalue weighted by Gasteiger charge is -2.27. The smallest absolute Gasteiger partial charge is 0.254 e. The van der Waals surface area contributed by atoms with Crippen molar-refractivity contribution in [3.63, 3.8) is 0 Å². The van der Waals surface area contributed by atoms with Crippen molar-refractivity contribution in [2.24, 2.45) is 0 Å². The van der Waals surface area contributed by atoms with Crippen LogP contribution in [0.4, 0.5) is 0 Å². The summed E-state index contributed by atoms with van der Waals surface area (Å²) in [6.07, 6.45) is 4.16. The Kier molecular flexibility index (Phi) is 4.07. The molecule has 0 amide bonds. The minimum absolute atomic E-state index is 0.0201. The lowest BCUT2D eigenvalue weighted by atomic mass is 10.1. The Balaban J connectivity index is 1.43. The Morgan fingerprint density at radius 1 is 1.15 bits per heavy atom. The average molecular weight is 374 g/mol. The number of hydrogen-bond acceptors (Lipinski definition) is 5. The van der Waals surface area contributed by atoms with Gasteiger partial charge in [0.05, 0.1) is 5.69 Å². The largest absolute Gasteiger partial charge is 0.306 e. The third kappa shape index (κ3) is 3.18. The van der Waals surface area contributed by atoms with E-state index in [1.807, 2.05) is 23.5 Å². The van der Waals surface area contributed by atoms with Crippen LogP contribution in [0.2, 0.25) is 0 Å². The first kappa shape index (κ1) is 16.4. The minimum Gasteiger partial charge on any atom is -0.306 e. The number of hydrogen-bond donors (Lipinski definition) is 1. The number of pyridine rings is 1. The first-order valence-corrected chi connectivity index (χ1v) is 9.80. The second-order valence-electron chi connectivity index (χ2n) is 6.79. The summed E-state index contributed by atoms with van der Waals surface area (Å²) in [6, 6.07) is 14.5. The highest BCUT2D eigenvalue weighted by atomic mass is 32.1. The molecule has 0 saturated carbocycles. The van der Waals surface area contributed by atoms with Crippen LogP contribution in [0.25, 0.3) is 21.5 Å². The Morgan fingerprint density at radius 2 is 2.00 bits per heavy atom. The summed E-state index contributed by atoms with van der Waals surface area (Å²) in [6.45, 7) is 2.46. The second kappa shape index (κ2) is 6.72. The maximum Gasteiger partial charge on any atom is 0.254 e. The van der Waals surface area contributed by atoms with Gasteiger partial charge in [-0.1, -0.05) is 18.2 Å². The van der Waals surface area contributed by atoms with E-state index in [0.29, 0.717) is 12.4 Å². The summed E-state index contributed by atoms with van der Waals surface area (Å²) >= 11 is 1.84. The molecule has 0 fully saturated rings. The van der Waals surface area contributed by atoms with Gasteiger partial charge in [0.15, 0.2) is 0 Å². The number of thiophene rings is 1. The van der Waals surface area contributed by atoms with Crippen LogP contribution < -0.4 is 5.56 Å². The Bertz CT molecular complexity index is 1130. The zero-order chi connectivity index (χ0) is 18.2. The molecule has 4 heterocycles. The van der Waals surface area contributed by atoms with Crippen molar-refractivity contribution in [3.05, 3.63) is 81.3 Å². The number of aromatic nitrogens is 3. The zero-order valence-electron chi connectivity index (χ0n) is 14.7. The molecule has 0 bridgehead atoms. The number of nitrogens with zero attached hydrogens (tertiary/aromatic N) is 3. The van der Waals surface area contributed by atoms with Crippen LogP contribution in [0.15, 0.2) is 59.7 Å². The van der Waals surface area contributed by atoms with Crippen LogP contribution in [0.3, 0.4) is 0 Å². The molecule has 0 aliphatic carbocycles. The zero-order valence-corrected chi connectivity index (χ0v) is 15.5. The van der Waals surface area contributed by atoms with Crippen molar-refractivity contribution >= 4 is 21.4 Å². The Labute approximate surface area is 160 Å². The topological polar surface area (TPSA) is 61.9 Å². The molecule has 0 radical (unpaired) electrons. The number of aromatic amines is 1. The van der Waals surface area contributed by atoms with E-state index in [-0.39, 0.29) is 5.56 Å². The lowest BCUT2D eigenvalue weighted by molar-refractivity contribution is 0.243. The predicted octanol–water partition coefficient (Wildman–Crippen LogP) is 3.60. The van der Waals surface area contributed by atoms with E-state index in [0.717, 1.165) is 36.3 Å². The quantitative estimate of drug-likeness (QED) is 0.595. The molecule has 1 aromatic carbocycles. The highest BCUT2D eigenvalue weighted by Gasteiger charge is 2.22. The molecule has 5 rings (SSSR count). The number of H-pyrrole nitrogens is 1. The van der Waals surface area contributed by atoms with Gasteiger partial charge >= 0.3 is 0 Å². The SMILES string of the molecule is O=c1[nH]c(-c2ccncc2)nc2c1CCN(Cc1cc3ccccc3s1)C2. The van der Waals surface area contributed by atoms with Crippen LogP contribution in [0, 0.1) is 0 Å². The first-order chi connectivity index (χ1) is 13.3. The predicted molar refractivity (Wildman–Crippen MR) is 108 cm³/mol. The standard InChI is InChI=1S/C21H18N4OS/c26-21-17-7-10-25(12-16-11-15-3-1-2-4-19(15)27-16)13-18(17)23-20(24-21)14-5-8-22-9-6-14/h1-6,8-9,11H,7,10,12-13H2,(H,23,24,26). The van der Waals surface area contributed by atoms with Gasteiger partial charge in [-0.3, -0.25) is 14.7 Å². The lowest BCUT2D eigenvalue weighted by Crippen LogP contribution is -2.34. The Morgan fingerprint density at radius 3 is 2.85 bits per heavy atom. The van der Waals surface area contributed by atoms with Crippen LogP contribution in [0.5, 0.6) is 0 Å². The normalized spacial score (nSPS) is 14.4. The molecule has 0 saturated heterocycles. The van der Waals surface area contributed by atoms with Crippen molar-refractivity contribution in [1.82, 2.24) is 19.9 Å². The van der Waals surface area contributed by atoms with Crippen molar-refractivity contribution < 1.29 is 0 Å². The summed E-state index contributed by atoms with van der Waals surface area (Å²) in [7, 11) is 0. The monoisotopic (exact) mass is 374 g/mol. The van der Waals surface area contributed by atoms with E-state index < -0.39 is 0 Å². The van der Waals surface area contributed by atoms with Gasteiger partial charge in [-0.2, -0.15) is 0 Å². The fraction of sp³-hybridized carbons (Fsp3) is 0.190. The number of benzene rings is 1. The van der Waals surface area contributed by atoms with Gasteiger partial charge in [-0.25, -0.2) is 4.98 Å². The van der Waals surface area contributed by atoms with Gasteiger partial charge in [0.2, 0.25) is 0 Å². The van der Waals surface area contributed by atoms with Crippen molar-refractivity contribution in [1.29, 1.82) is 0 Å². The number of rotatable bonds is 3. The maximum atomic E-state index is 12.5. The van der Waals surface area contributed by atoms with Gasteiger partial charge in [0.25, 0.3) is 5.56 Å². The fourth-order valence-electron chi connectivity index (χ4n) is 3.61. The van der Waals surface area contributed by atoms with Crippen molar-refractivity contribution in [3.8, 4) is 11.4 Å². The fourth-order valence-corrected chi connectivity index (χ4v) is 4.72. The summed E-state index contributed by atoms with van der Waals surface area (Å²) in [5, 5.41) is 1.30. The molecule has 0 spiro atoms. The summed E-state index contributed by atoms with van der Waals surface area (Å²) in [5.74, 6) is 0.616. The summed E-state index contributed by atoms with van der Waals surface area (Å²) in [4.78, 5) is 27.9. The molecule has 6 heteroatoms. The summed E-state index contributed by atoms with van der Waals surface area (Å²) in [5.41, 5.74) is 2.57. The molecule has 134 valence electrons. The highest BCUT2D eigenvalue weighted by Crippen LogP contribution is 2.27. The van der Waals surface area contributed by atoms with Gasteiger partial charge in [-0.15, -0.1) is 11.3 Å². The van der Waals surface area contributed by atoms with E-state index in [4.69, 9.17) is 4.98 Å². The van der Waals surface area contributed by atoms with E-state index in [9.17, 15) is 4.79 Å². The molecule has 0 unspecified atom stereocenters. The van der Waals surface area contributed by atoms with Gasteiger partial charge in [0.1, 0.15) is 5.82 Å². The van der Waals surface area contributed by atoms with Crippen LogP contribution in [0.1, 0.15) is 16.1 Å². The van der Waals surface area contributed by atoms with E-state index >= 15 is 0 Å². The Hall–Kier alpha value is -2.83. The van der Waals surface area contributed by atoms with Gasteiger partial charge in [0, 0.05) is 52.7 Å². The molecule has 1 aliphatic heterocycles. The molecule has 1 N–H and O–H groups in total. The number of nitrogens with one attached hydrogen (secondary N) is 1. The van der Waals surface area contributed by atoms with Crippen LogP contribution >= 0.6 is 11.3 Å². The van der Waals surface area contributed by atoms with Gasteiger partial charge in [-0.05, 0) is 36.1 Å². The van der Waals surface area contributed by atoms with Crippen LogP contribution in [-0.2, 0) is 19.5 Å². The molecular formula is C21H18N4OS. The van der Waals surface area contributed by atoms with E-state index in [2.05, 4.69) is 45.2 Å². The molecular weight excluding hydrogens is 356 g/mol. The molecule has 3 aromatic heterocycles. The molecule has 5 nitrogen and oxygen atoms in total. The van der Waals surface area contributed by atoms with Crippen LogP contribution in [-0.4, -0.2) is 26.4 Å². The van der Waals surface area contributed by atoms with Crippen molar-refractivity contribution in [2.75, 3.05) is 6.54 Å². The van der Waals surface area contributed by atoms with Crippen molar-refractivity contribution in [2.45, 2.75) is 19.5 Å². The van der Waals surface area contributed by atoms with E-state index in [1.54, 1.807) is 12.4 Å². The second-order valence-corrected chi connectivity index (χ2v) is 7.96. The first-order valence-electron chi connectivity index (χ1n) is 8.98.